The molecule has 0 unspecified atom stereocenters. The van der Waals surface area contributed by atoms with Crippen LogP contribution in [0.4, 0.5) is 0 Å². The third-order valence-corrected chi connectivity index (χ3v) is 5.12. The first-order chi connectivity index (χ1) is 8.99. The minimum atomic E-state index is -3.06. The number of rotatable bonds is 8. The molecule has 8 heteroatoms. The van der Waals surface area contributed by atoms with Gasteiger partial charge >= 0.3 is 0 Å². The molecule has 1 saturated carbocycles. The minimum absolute atomic E-state index is 0. The molecule has 0 aliphatic heterocycles. The predicted octanol–water partition coefficient (Wildman–Crippen LogP) is 0.851. The van der Waals surface area contributed by atoms with Crippen LogP contribution in [-0.4, -0.2) is 58.2 Å². The summed E-state index contributed by atoms with van der Waals surface area (Å²) in [5.74, 6) is 1.76. The number of sulfonamides is 1. The van der Waals surface area contributed by atoms with Crippen LogP contribution in [0.15, 0.2) is 4.99 Å². The monoisotopic (exact) mass is 418 g/mol. The average molecular weight is 418 g/mol. The van der Waals surface area contributed by atoms with E-state index >= 15 is 0 Å². The van der Waals surface area contributed by atoms with Gasteiger partial charge in [-0.05, 0) is 32.1 Å². The topological polar surface area (TPSA) is 73.8 Å². The lowest BCUT2D eigenvalue weighted by atomic mass is 10.4. The lowest BCUT2D eigenvalue weighted by molar-refractivity contribution is 0.461. The maximum Gasteiger partial charge on any atom is 0.213 e. The molecular formula is C12H27IN4O2S. The number of nitrogens with one attached hydrogen (secondary N) is 2. The zero-order chi connectivity index (χ0) is 14.3. The first kappa shape index (κ1) is 19.9. The molecule has 20 heavy (non-hydrogen) atoms. The highest BCUT2D eigenvalue weighted by molar-refractivity contribution is 14.0. The molecule has 6 nitrogen and oxygen atoms in total. The Morgan fingerprint density at radius 2 is 2.00 bits per heavy atom. The number of aliphatic imine (C=N–C) groups is 1. The van der Waals surface area contributed by atoms with E-state index in [2.05, 4.69) is 15.6 Å². The van der Waals surface area contributed by atoms with Crippen molar-refractivity contribution in [3.8, 4) is 0 Å². The lowest BCUT2D eigenvalue weighted by Crippen LogP contribution is -2.39. The summed E-state index contributed by atoms with van der Waals surface area (Å²) in [5, 5.41) is 6.46. The van der Waals surface area contributed by atoms with Gasteiger partial charge in [0.05, 0.1) is 5.75 Å². The number of halogens is 1. The highest BCUT2D eigenvalue weighted by Gasteiger charge is 2.21. The van der Waals surface area contributed by atoms with Crippen molar-refractivity contribution >= 4 is 40.0 Å². The van der Waals surface area contributed by atoms with Gasteiger partial charge in [0.1, 0.15) is 0 Å². The van der Waals surface area contributed by atoms with E-state index in [1.807, 2.05) is 0 Å². The van der Waals surface area contributed by atoms with Crippen molar-refractivity contribution in [3.05, 3.63) is 0 Å². The maximum absolute atomic E-state index is 11.5. The SMILES string of the molecule is CCS(=O)(=O)N(C)CCCNC(=NC)NCC1CC1.I. The summed E-state index contributed by atoms with van der Waals surface area (Å²) in [6.45, 7) is 3.88. The maximum atomic E-state index is 11.5. The van der Waals surface area contributed by atoms with Crippen LogP contribution in [-0.2, 0) is 10.0 Å². The lowest BCUT2D eigenvalue weighted by Gasteiger charge is -2.16. The van der Waals surface area contributed by atoms with Gasteiger partial charge in [0.2, 0.25) is 10.0 Å². The smallest absolute Gasteiger partial charge is 0.213 e. The second-order valence-electron chi connectivity index (χ2n) is 4.90. The third-order valence-electron chi connectivity index (χ3n) is 3.26. The largest absolute Gasteiger partial charge is 0.356 e. The van der Waals surface area contributed by atoms with E-state index in [1.165, 1.54) is 17.1 Å². The van der Waals surface area contributed by atoms with Crippen LogP contribution in [0.25, 0.3) is 0 Å². The van der Waals surface area contributed by atoms with Gasteiger partial charge in [0.25, 0.3) is 0 Å². The van der Waals surface area contributed by atoms with Crippen molar-refractivity contribution < 1.29 is 8.42 Å². The zero-order valence-electron chi connectivity index (χ0n) is 12.6. The van der Waals surface area contributed by atoms with Gasteiger partial charge in [0.15, 0.2) is 5.96 Å². The molecule has 1 aliphatic carbocycles. The van der Waals surface area contributed by atoms with Crippen LogP contribution >= 0.6 is 24.0 Å². The first-order valence-electron chi connectivity index (χ1n) is 6.88. The molecule has 1 rings (SSSR count). The van der Waals surface area contributed by atoms with E-state index in [0.717, 1.165) is 24.8 Å². The Morgan fingerprint density at radius 3 is 2.50 bits per heavy atom. The molecule has 0 heterocycles. The molecule has 0 atom stereocenters. The summed E-state index contributed by atoms with van der Waals surface area (Å²) in [4.78, 5) is 4.13. The molecule has 0 saturated heterocycles. The van der Waals surface area contributed by atoms with Gasteiger partial charge in [0, 0.05) is 33.7 Å². The van der Waals surface area contributed by atoms with Crippen molar-refractivity contribution in [2.75, 3.05) is 39.5 Å². The minimum Gasteiger partial charge on any atom is -0.356 e. The average Bonchev–Trinajstić information content (AvgIpc) is 3.21. The highest BCUT2D eigenvalue weighted by Crippen LogP contribution is 2.27. The van der Waals surface area contributed by atoms with Crippen molar-refractivity contribution in [2.45, 2.75) is 26.2 Å². The standard InChI is InChI=1S/C12H26N4O2S.HI/c1-4-19(17,18)16(3)9-5-8-14-12(13-2)15-10-11-6-7-11;/h11H,4-10H2,1-3H3,(H2,13,14,15);1H. The Kier molecular flexibility index (Phi) is 9.73. The normalized spacial score (nSPS) is 15.9. The molecule has 0 spiro atoms. The first-order valence-corrected chi connectivity index (χ1v) is 8.49. The van der Waals surface area contributed by atoms with Crippen LogP contribution in [0.5, 0.6) is 0 Å². The molecule has 0 radical (unpaired) electrons. The summed E-state index contributed by atoms with van der Waals surface area (Å²) >= 11 is 0. The molecule has 0 aromatic heterocycles. The Labute approximate surface area is 139 Å². The van der Waals surface area contributed by atoms with Crippen LogP contribution in [0.2, 0.25) is 0 Å². The van der Waals surface area contributed by atoms with Crippen molar-refractivity contribution in [1.29, 1.82) is 0 Å². The van der Waals surface area contributed by atoms with Crippen LogP contribution in [0.3, 0.4) is 0 Å². The Morgan fingerprint density at radius 1 is 1.35 bits per heavy atom. The molecule has 0 aromatic carbocycles. The molecule has 2 N–H and O–H groups in total. The van der Waals surface area contributed by atoms with Crippen LogP contribution in [0.1, 0.15) is 26.2 Å². The van der Waals surface area contributed by atoms with E-state index in [9.17, 15) is 8.42 Å². The molecule has 1 aliphatic rings. The number of guanidine groups is 1. The number of hydrogen-bond donors (Lipinski definition) is 2. The third kappa shape index (κ3) is 7.63. The van der Waals surface area contributed by atoms with Gasteiger partial charge in [-0.25, -0.2) is 12.7 Å². The second kappa shape index (κ2) is 9.78. The zero-order valence-corrected chi connectivity index (χ0v) is 15.7. The fraction of sp³-hybridized carbons (Fsp3) is 0.917. The van der Waals surface area contributed by atoms with Crippen molar-refractivity contribution in [2.24, 2.45) is 10.9 Å². The highest BCUT2D eigenvalue weighted by atomic mass is 127. The van der Waals surface area contributed by atoms with Gasteiger partial charge in [-0.15, -0.1) is 24.0 Å². The summed E-state index contributed by atoms with van der Waals surface area (Å²) in [6.07, 6.45) is 3.38. The summed E-state index contributed by atoms with van der Waals surface area (Å²) in [7, 11) is 0.312. The molecular weight excluding hydrogens is 391 g/mol. The van der Waals surface area contributed by atoms with E-state index in [0.29, 0.717) is 13.1 Å². The quantitative estimate of drug-likeness (QED) is 0.265. The van der Waals surface area contributed by atoms with E-state index < -0.39 is 10.0 Å². The van der Waals surface area contributed by atoms with Gasteiger partial charge in [-0.2, -0.15) is 0 Å². The Bertz CT molecular complexity index is 396. The van der Waals surface area contributed by atoms with Gasteiger partial charge in [-0.1, -0.05) is 0 Å². The number of hydrogen-bond acceptors (Lipinski definition) is 3. The van der Waals surface area contributed by atoms with Gasteiger partial charge < -0.3 is 10.6 Å². The summed E-state index contributed by atoms with van der Waals surface area (Å²) < 4.78 is 24.5. The van der Waals surface area contributed by atoms with Crippen LogP contribution < -0.4 is 10.6 Å². The fourth-order valence-corrected chi connectivity index (χ4v) is 2.50. The fourth-order valence-electron chi connectivity index (χ4n) is 1.65. The molecule has 0 aromatic rings. The molecule has 0 amide bonds. The van der Waals surface area contributed by atoms with Gasteiger partial charge in [-0.3, -0.25) is 4.99 Å². The predicted molar refractivity (Wildman–Crippen MR) is 94.2 cm³/mol. The Balaban J connectivity index is 0.00000361. The summed E-state index contributed by atoms with van der Waals surface area (Å²) in [5.41, 5.74) is 0. The molecule has 0 bridgehead atoms. The Hall–Kier alpha value is -0.0900. The van der Waals surface area contributed by atoms with Crippen LogP contribution in [0, 0.1) is 5.92 Å². The van der Waals surface area contributed by atoms with E-state index in [-0.39, 0.29) is 29.7 Å². The molecule has 120 valence electrons. The summed E-state index contributed by atoms with van der Waals surface area (Å²) in [6, 6.07) is 0. The van der Waals surface area contributed by atoms with Crippen molar-refractivity contribution in [1.82, 2.24) is 14.9 Å². The van der Waals surface area contributed by atoms with E-state index in [4.69, 9.17) is 0 Å². The van der Waals surface area contributed by atoms with Crippen molar-refractivity contribution in [3.63, 3.8) is 0 Å². The number of nitrogens with zero attached hydrogens (tertiary/aromatic N) is 2. The molecule has 1 fully saturated rings. The second-order valence-corrected chi connectivity index (χ2v) is 7.26. The van der Waals surface area contributed by atoms with E-state index in [1.54, 1.807) is 21.0 Å².